The molecule has 0 saturated carbocycles. The number of fused-ring (bicyclic) bond motifs is 1. The van der Waals surface area contributed by atoms with Gasteiger partial charge in [-0.15, -0.1) is 0 Å². The Morgan fingerprint density at radius 2 is 2.07 bits per heavy atom. The summed E-state index contributed by atoms with van der Waals surface area (Å²) < 4.78 is 27.1. The third-order valence-electron chi connectivity index (χ3n) is 1.88. The maximum Gasteiger partial charge on any atom is 0.261 e. The van der Waals surface area contributed by atoms with Gasteiger partial charge in [0.25, 0.3) is 9.05 Å². The third-order valence-corrected chi connectivity index (χ3v) is 3.23. The maximum absolute atomic E-state index is 11.0. The number of benzene rings is 1. The van der Waals surface area contributed by atoms with Gasteiger partial charge in [-0.05, 0) is 12.1 Å². The summed E-state index contributed by atoms with van der Waals surface area (Å²) in [6, 6.07) is 7.54. The van der Waals surface area contributed by atoms with Crippen molar-refractivity contribution < 1.29 is 12.8 Å². The van der Waals surface area contributed by atoms with Gasteiger partial charge in [-0.1, -0.05) is 0 Å². The van der Waals surface area contributed by atoms with Crippen molar-refractivity contribution in [2.45, 2.75) is 4.90 Å². The lowest BCUT2D eigenvalue weighted by atomic mass is 10.2. The number of halogens is 1. The van der Waals surface area contributed by atoms with Gasteiger partial charge in [0.15, 0.2) is 0 Å². The SMILES string of the molecule is N#Cc1cc2ccc(S(=O)(=O)Cl)cc2o1. The quantitative estimate of drug-likeness (QED) is 0.718. The monoisotopic (exact) mass is 241 g/mol. The number of nitriles is 1. The molecule has 0 atom stereocenters. The van der Waals surface area contributed by atoms with Gasteiger partial charge in [0.05, 0.1) is 4.90 Å². The molecular formula is C9H4ClNO3S. The van der Waals surface area contributed by atoms with Crippen molar-refractivity contribution >= 4 is 30.7 Å². The normalized spacial score (nSPS) is 11.5. The average Bonchev–Trinajstić information content (AvgIpc) is 2.57. The number of furan rings is 1. The second-order valence-electron chi connectivity index (χ2n) is 2.86. The molecule has 0 fully saturated rings. The third kappa shape index (κ3) is 1.82. The van der Waals surface area contributed by atoms with Crippen LogP contribution >= 0.6 is 10.7 Å². The zero-order valence-corrected chi connectivity index (χ0v) is 8.84. The first-order valence-corrected chi connectivity index (χ1v) is 6.20. The first-order chi connectivity index (χ1) is 7.00. The molecule has 0 radical (unpaired) electrons. The molecule has 15 heavy (non-hydrogen) atoms. The lowest BCUT2D eigenvalue weighted by molar-refractivity contribution is 0.595. The molecule has 0 amide bonds. The van der Waals surface area contributed by atoms with Crippen molar-refractivity contribution in [3.05, 3.63) is 30.0 Å². The van der Waals surface area contributed by atoms with Crippen LogP contribution < -0.4 is 0 Å². The minimum atomic E-state index is -3.76. The van der Waals surface area contributed by atoms with Crippen molar-refractivity contribution in [1.29, 1.82) is 5.26 Å². The Kier molecular flexibility index (Phi) is 2.18. The summed E-state index contributed by atoms with van der Waals surface area (Å²) in [7, 11) is 1.40. The van der Waals surface area contributed by atoms with E-state index in [0.717, 1.165) is 0 Å². The molecule has 0 unspecified atom stereocenters. The summed E-state index contributed by atoms with van der Waals surface area (Å²) in [5.41, 5.74) is 0.327. The predicted octanol–water partition coefficient (Wildman–Crippen LogP) is 2.23. The number of hydrogen-bond acceptors (Lipinski definition) is 4. The van der Waals surface area contributed by atoms with Crippen LogP contribution in [0, 0.1) is 11.3 Å². The van der Waals surface area contributed by atoms with Gasteiger partial charge in [-0.2, -0.15) is 5.26 Å². The van der Waals surface area contributed by atoms with Crippen LogP contribution in [-0.4, -0.2) is 8.42 Å². The lowest BCUT2D eigenvalue weighted by Crippen LogP contribution is -1.88. The maximum atomic E-state index is 11.0. The van der Waals surface area contributed by atoms with Gasteiger partial charge in [0.2, 0.25) is 5.76 Å². The Morgan fingerprint density at radius 3 is 2.67 bits per heavy atom. The molecule has 0 saturated heterocycles. The Morgan fingerprint density at radius 1 is 1.33 bits per heavy atom. The molecule has 6 heteroatoms. The predicted molar refractivity (Wildman–Crippen MR) is 54.0 cm³/mol. The van der Waals surface area contributed by atoms with Crippen LogP contribution in [0.15, 0.2) is 33.6 Å². The van der Waals surface area contributed by atoms with Gasteiger partial charge >= 0.3 is 0 Å². The van der Waals surface area contributed by atoms with Crippen LogP contribution in [0.1, 0.15) is 5.76 Å². The minimum Gasteiger partial charge on any atom is -0.446 e. The van der Waals surface area contributed by atoms with E-state index in [-0.39, 0.29) is 10.7 Å². The molecule has 4 nitrogen and oxygen atoms in total. The Labute approximate surface area is 90.1 Å². The zero-order valence-electron chi connectivity index (χ0n) is 7.27. The topological polar surface area (TPSA) is 71.1 Å². The van der Waals surface area contributed by atoms with E-state index >= 15 is 0 Å². The molecule has 0 spiro atoms. The zero-order chi connectivity index (χ0) is 11.1. The van der Waals surface area contributed by atoms with Crippen LogP contribution in [0.3, 0.4) is 0 Å². The number of hydrogen-bond donors (Lipinski definition) is 0. The van der Waals surface area contributed by atoms with E-state index in [4.69, 9.17) is 20.4 Å². The van der Waals surface area contributed by atoms with Gasteiger partial charge in [0, 0.05) is 28.2 Å². The second kappa shape index (κ2) is 3.26. The van der Waals surface area contributed by atoms with Crippen LogP contribution in [0.2, 0.25) is 0 Å². The molecule has 1 aromatic heterocycles. The van der Waals surface area contributed by atoms with Gasteiger partial charge < -0.3 is 4.42 Å². The standard InChI is InChI=1S/C9H4ClNO3S/c10-15(12,13)8-2-1-6-3-7(5-11)14-9(6)4-8/h1-4H. The van der Waals surface area contributed by atoms with E-state index in [1.165, 1.54) is 24.3 Å². The summed E-state index contributed by atoms with van der Waals surface area (Å²) in [5.74, 6) is 0.133. The van der Waals surface area contributed by atoms with Gasteiger partial charge in [-0.3, -0.25) is 0 Å². The molecule has 76 valence electrons. The largest absolute Gasteiger partial charge is 0.446 e. The van der Waals surface area contributed by atoms with Gasteiger partial charge in [-0.25, -0.2) is 8.42 Å². The summed E-state index contributed by atoms with van der Waals surface area (Å²) in [6.07, 6.45) is 0. The molecule has 0 bridgehead atoms. The average molecular weight is 242 g/mol. The van der Waals surface area contributed by atoms with Crippen LogP contribution in [-0.2, 0) is 9.05 Å². The Bertz CT molecular complexity index is 666. The molecule has 0 aliphatic carbocycles. The highest BCUT2D eigenvalue weighted by Gasteiger charge is 2.12. The fourth-order valence-electron chi connectivity index (χ4n) is 1.22. The number of rotatable bonds is 1. The van der Waals surface area contributed by atoms with Crippen molar-refractivity contribution in [1.82, 2.24) is 0 Å². The van der Waals surface area contributed by atoms with Crippen molar-refractivity contribution in [2.24, 2.45) is 0 Å². The van der Waals surface area contributed by atoms with Gasteiger partial charge in [0.1, 0.15) is 11.7 Å². The van der Waals surface area contributed by atoms with Crippen LogP contribution in [0.4, 0.5) is 0 Å². The van der Waals surface area contributed by atoms with E-state index in [1.807, 2.05) is 6.07 Å². The summed E-state index contributed by atoms with van der Waals surface area (Å²) in [6.45, 7) is 0. The fraction of sp³-hybridized carbons (Fsp3) is 0. The van der Waals surface area contributed by atoms with E-state index in [1.54, 1.807) is 0 Å². The summed E-state index contributed by atoms with van der Waals surface area (Å²) in [5, 5.41) is 9.24. The Hall–Kier alpha value is -1.51. The first kappa shape index (κ1) is 10.0. The molecule has 2 aromatic rings. The fourth-order valence-corrected chi connectivity index (χ4v) is 1.98. The highest BCUT2D eigenvalue weighted by molar-refractivity contribution is 8.13. The van der Waals surface area contributed by atoms with E-state index in [9.17, 15) is 8.42 Å². The number of nitrogens with zero attached hydrogens (tertiary/aromatic N) is 1. The lowest BCUT2D eigenvalue weighted by Gasteiger charge is -1.94. The molecule has 1 aromatic carbocycles. The van der Waals surface area contributed by atoms with E-state index < -0.39 is 9.05 Å². The van der Waals surface area contributed by atoms with Crippen molar-refractivity contribution in [2.75, 3.05) is 0 Å². The van der Waals surface area contributed by atoms with Crippen molar-refractivity contribution in [3.8, 4) is 6.07 Å². The van der Waals surface area contributed by atoms with Crippen LogP contribution in [0.5, 0.6) is 0 Å². The highest BCUT2D eigenvalue weighted by Crippen LogP contribution is 2.24. The van der Waals surface area contributed by atoms with E-state index in [0.29, 0.717) is 11.0 Å². The Balaban J connectivity index is 2.72. The highest BCUT2D eigenvalue weighted by atomic mass is 35.7. The molecule has 0 N–H and O–H groups in total. The smallest absolute Gasteiger partial charge is 0.261 e. The summed E-state index contributed by atoms with van der Waals surface area (Å²) in [4.78, 5) is -0.0458. The molecule has 0 aliphatic rings. The molecule has 0 aliphatic heterocycles. The second-order valence-corrected chi connectivity index (χ2v) is 5.43. The first-order valence-electron chi connectivity index (χ1n) is 3.89. The molecule has 2 rings (SSSR count). The minimum absolute atomic E-state index is 0.0458. The van der Waals surface area contributed by atoms with Crippen LogP contribution in [0.25, 0.3) is 11.0 Å². The van der Waals surface area contributed by atoms with E-state index in [2.05, 4.69) is 0 Å². The summed E-state index contributed by atoms with van der Waals surface area (Å²) >= 11 is 0. The van der Waals surface area contributed by atoms with Crippen molar-refractivity contribution in [3.63, 3.8) is 0 Å². The molecule has 1 heterocycles. The molecular weight excluding hydrogens is 238 g/mol.